The van der Waals surface area contributed by atoms with Gasteiger partial charge in [0.2, 0.25) is 10.0 Å². The summed E-state index contributed by atoms with van der Waals surface area (Å²) in [6.45, 7) is 1.16. The van der Waals surface area contributed by atoms with Gasteiger partial charge in [0.1, 0.15) is 0 Å². The molecular formula is C13H27N3O4S. The van der Waals surface area contributed by atoms with E-state index in [0.717, 1.165) is 31.9 Å². The molecule has 0 atom stereocenters. The molecule has 0 aromatic carbocycles. The molecule has 0 unspecified atom stereocenters. The second-order valence-electron chi connectivity index (χ2n) is 5.39. The van der Waals surface area contributed by atoms with E-state index in [2.05, 4.69) is 10.6 Å². The fourth-order valence-corrected chi connectivity index (χ4v) is 3.24. The Hall–Kier alpha value is -0.860. The molecule has 0 bridgehead atoms. The van der Waals surface area contributed by atoms with Crippen molar-refractivity contribution in [3.05, 3.63) is 0 Å². The van der Waals surface area contributed by atoms with E-state index in [4.69, 9.17) is 4.74 Å². The quantitative estimate of drug-likeness (QED) is 0.682. The Morgan fingerprint density at radius 1 is 1.24 bits per heavy atom. The maximum atomic E-state index is 11.7. The molecule has 1 saturated carbocycles. The van der Waals surface area contributed by atoms with Crippen molar-refractivity contribution in [2.24, 2.45) is 0 Å². The number of hydrogen-bond acceptors (Lipinski definition) is 4. The predicted octanol–water partition coefficient (Wildman–Crippen LogP) is 0.526. The van der Waals surface area contributed by atoms with Gasteiger partial charge < -0.3 is 15.4 Å². The second kappa shape index (κ2) is 9.22. The molecule has 7 nitrogen and oxygen atoms in total. The number of ether oxygens (including phenoxy) is 1. The highest BCUT2D eigenvalue weighted by Crippen LogP contribution is 2.17. The van der Waals surface area contributed by atoms with E-state index in [1.807, 2.05) is 0 Å². The van der Waals surface area contributed by atoms with Crippen molar-refractivity contribution in [1.82, 2.24) is 14.9 Å². The fourth-order valence-electron chi connectivity index (χ4n) is 2.41. The van der Waals surface area contributed by atoms with Crippen LogP contribution in [0.4, 0.5) is 4.79 Å². The monoisotopic (exact) mass is 321 g/mol. The molecule has 1 fully saturated rings. The third-order valence-corrected chi connectivity index (χ3v) is 4.90. The molecule has 0 radical (unpaired) electrons. The summed E-state index contributed by atoms with van der Waals surface area (Å²) < 4.78 is 29.3. The normalized spacial score (nSPS) is 16.9. The van der Waals surface area contributed by atoms with Crippen molar-refractivity contribution in [2.75, 3.05) is 39.6 Å². The van der Waals surface area contributed by atoms with Crippen LogP contribution in [0.1, 0.15) is 32.1 Å². The van der Waals surface area contributed by atoms with Gasteiger partial charge in [0, 0.05) is 32.8 Å². The number of urea groups is 1. The molecule has 1 aliphatic rings. The minimum absolute atomic E-state index is 0.220. The van der Waals surface area contributed by atoms with Crippen LogP contribution in [-0.2, 0) is 14.8 Å². The highest BCUT2D eigenvalue weighted by Gasteiger charge is 2.17. The summed E-state index contributed by atoms with van der Waals surface area (Å²) in [7, 11) is -1.76. The Labute approximate surface area is 127 Å². The van der Waals surface area contributed by atoms with Crippen LogP contribution >= 0.6 is 0 Å². The van der Waals surface area contributed by atoms with E-state index in [0.29, 0.717) is 13.2 Å². The molecule has 0 spiro atoms. The van der Waals surface area contributed by atoms with Crippen molar-refractivity contribution in [3.8, 4) is 0 Å². The molecule has 0 saturated heterocycles. The molecule has 2 amide bonds. The Morgan fingerprint density at radius 2 is 1.90 bits per heavy atom. The van der Waals surface area contributed by atoms with Crippen LogP contribution in [-0.4, -0.2) is 64.4 Å². The first kappa shape index (κ1) is 18.2. The zero-order chi connectivity index (χ0) is 15.7. The summed E-state index contributed by atoms with van der Waals surface area (Å²) in [5.74, 6) is 0. The number of sulfonamides is 1. The lowest BCUT2D eigenvalue weighted by Crippen LogP contribution is -2.46. The standard InChI is InChI=1S/C13H27N3O4S/c1-20-11-10-16(21(2,18)19)9-8-14-13(17)15-12-6-4-3-5-7-12/h12H,3-11H2,1-2H3,(H2,14,15,17). The zero-order valence-corrected chi connectivity index (χ0v) is 13.7. The molecule has 0 aliphatic heterocycles. The Balaban J connectivity index is 2.27. The van der Waals surface area contributed by atoms with Gasteiger partial charge in [-0.05, 0) is 12.8 Å². The average molecular weight is 321 g/mol. The van der Waals surface area contributed by atoms with Crippen LogP contribution < -0.4 is 10.6 Å². The third-order valence-electron chi connectivity index (χ3n) is 3.60. The van der Waals surface area contributed by atoms with E-state index in [9.17, 15) is 13.2 Å². The number of carbonyl (C=O) groups is 1. The van der Waals surface area contributed by atoms with E-state index >= 15 is 0 Å². The molecule has 1 rings (SSSR count). The first-order chi connectivity index (χ1) is 9.93. The minimum Gasteiger partial charge on any atom is -0.383 e. The Morgan fingerprint density at radius 3 is 2.48 bits per heavy atom. The average Bonchev–Trinajstić information content (AvgIpc) is 2.42. The van der Waals surface area contributed by atoms with Gasteiger partial charge in [0.25, 0.3) is 0 Å². The highest BCUT2D eigenvalue weighted by atomic mass is 32.2. The predicted molar refractivity (Wildman–Crippen MR) is 81.7 cm³/mol. The maximum Gasteiger partial charge on any atom is 0.315 e. The van der Waals surface area contributed by atoms with Gasteiger partial charge in [0.15, 0.2) is 0 Å². The zero-order valence-electron chi connectivity index (χ0n) is 12.9. The van der Waals surface area contributed by atoms with Crippen molar-refractivity contribution >= 4 is 16.1 Å². The van der Waals surface area contributed by atoms with Crippen molar-refractivity contribution in [1.29, 1.82) is 0 Å². The molecule has 2 N–H and O–H groups in total. The fraction of sp³-hybridized carbons (Fsp3) is 0.923. The van der Waals surface area contributed by atoms with Crippen LogP contribution in [0.15, 0.2) is 0 Å². The number of nitrogens with zero attached hydrogens (tertiary/aromatic N) is 1. The van der Waals surface area contributed by atoms with Gasteiger partial charge in [-0.15, -0.1) is 0 Å². The molecule has 1 aliphatic carbocycles. The van der Waals surface area contributed by atoms with E-state index in [1.54, 1.807) is 0 Å². The molecular weight excluding hydrogens is 294 g/mol. The number of carbonyl (C=O) groups excluding carboxylic acids is 1. The summed E-state index contributed by atoms with van der Waals surface area (Å²) >= 11 is 0. The molecule has 0 heterocycles. The third kappa shape index (κ3) is 7.63. The number of hydrogen-bond donors (Lipinski definition) is 2. The number of methoxy groups -OCH3 is 1. The topological polar surface area (TPSA) is 87.7 Å². The van der Waals surface area contributed by atoms with Gasteiger partial charge >= 0.3 is 6.03 Å². The summed E-state index contributed by atoms with van der Waals surface area (Å²) in [6, 6.07) is 0.0281. The largest absolute Gasteiger partial charge is 0.383 e. The molecule has 0 aromatic rings. The van der Waals surface area contributed by atoms with Crippen LogP contribution in [0.5, 0.6) is 0 Å². The lowest BCUT2D eigenvalue weighted by molar-refractivity contribution is 0.179. The highest BCUT2D eigenvalue weighted by molar-refractivity contribution is 7.88. The molecule has 8 heteroatoms. The maximum absolute atomic E-state index is 11.7. The van der Waals surface area contributed by atoms with Crippen LogP contribution in [0, 0.1) is 0 Å². The van der Waals surface area contributed by atoms with Crippen molar-refractivity contribution < 1.29 is 17.9 Å². The summed E-state index contributed by atoms with van der Waals surface area (Å²) in [6.07, 6.45) is 6.76. The Kier molecular flexibility index (Phi) is 7.98. The van der Waals surface area contributed by atoms with Gasteiger partial charge in [-0.2, -0.15) is 4.31 Å². The lowest BCUT2D eigenvalue weighted by Gasteiger charge is -2.23. The van der Waals surface area contributed by atoms with Gasteiger partial charge in [-0.3, -0.25) is 0 Å². The number of rotatable bonds is 8. The van der Waals surface area contributed by atoms with Crippen LogP contribution in [0.3, 0.4) is 0 Å². The second-order valence-corrected chi connectivity index (χ2v) is 7.37. The minimum atomic E-state index is -3.28. The SMILES string of the molecule is COCCN(CCNC(=O)NC1CCCCC1)S(C)(=O)=O. The summed E-state index contributed by atoms with van der Waals surface area (Å²) in [5, 5.41) is 5.64. The van der Waals surface area contributed by atoms with E-state index in [1.165, 1.54) is 17.8 Å². The summed E-state index contributed by atoms with van der Waals surface area (Å²) in [5.41, 5.74) is 0. The number of nitrogens with one attached hydrogen (secondary N) is 2. The smallest absolute Gasteiger partial charge is 0.315 e. The molecule has 124 valence electrons. The van der Waals surface area contributed by atoms with E-state index in [-0.39, 0.29) is 25.2 Å². The molecule has 0 aromatic heterocycles. The van der Waals surface area contributed by atoms with Crippen LogP contribution in [0.25, 0.3) is 0 Å². The first-order valence-electron chi connectivity index (χ1n) is 7.42. The van der Waals surface area contributed by atoms with Crippen LogP contribution in [0.2, 0.25) is 0 Å². The molecule has 21 heavy (non-hydrogen) atoms. The Bertz CT molecular complexity index is 408. The van der Waals surface area contributed by atoms with Gasteiger partial charge in [-0.25, -0.2) is 13.2 Å². The summed E-state index contributed by atoms with van der Waals surface area (Å²) in [4.78, 5) is 11.7. The first-order valence-corrected chi connectivity index (χ1v) is 9.26. The van der Waals surface area contributed by atoms with Gasteiger partial charge in [0.05, 0.1) is 12.9 Å². The number of amides is 2. The van der Waals surface area contributed by atoms with E-state index < -0.39 is 10.0 Å². The lowest BCUT2D eigenvalue weighted by atomic mass is 9.96. The van der Waals surface area contributed by atoms with Crippen molar-refractivity contribution in [2.45, 2.75) is 38.1 Å². The van der Waals surface area contributed by atoms with Gasteiger partial charge in [-0.1, -0.05) is 19.3 Å². The van der Waals surface area contributed by atoms with Crippen molar-refractivity contribution in [3.63, 3.8) is 0 Å².